The first-order valence-electron chi connectivity index (χ1n) is 6.97. The van der Waals surface area contributed by atoms with Crippen LogP contribution in [-0.2, 0) is 0 Å². The SMILES string of the molecule is CC1CN(C2CCC(C)(C)CC2)C(C)CN1. The van der Waals surface area contributed by atoms with Gasteiger partial charge in [-0.2, -0.15) is 0 Å². The van der Waals surface area contributed by atoms with E-state index in [1.54, 1.807) is 0 Å². The second kappa shape index (κ2) is 4.66. The Morgan fingerprint density at radius 3 is 2.38 bits per heavy atom. The zero-order chi connectivity index (χ0) is 11.8. The van der Waals surface area contributed by atoms with Crippen LogP contribution in [0.4, 0.5) is 0 Å². The van der Waals surface area contributed by atoms with E-state index in [2.05, 4.69) is 37.9 Å². The van der Waals surface area contributed by atoms with Gasteiger partial charge in [0.1, 0.15) is 0 Å². The Kier molecular flexibility index (Phi) is 3.60. The first-order valence-corrected chi connectivity index (χ1v) is 6.97. The Morgan fingerprint density at radius 1 is 1.12 bits per heavy atom. The molecule has 2 heteroatoms. The van der Waals surface area contributed by atoms with E-state index in [1.807, 2.05) is 0 Å². The molecule has 16 heavy (non-hydrogen) atoms. The maximum atomic E-state index is 3.58. The fraction of sp³-hybridized carbons (Fsp3) is 1.00. The Bertz CT molecular complexity index is 227. The highest BCUT2D eigenvalue weighted by molar-refractivity contribution is 4.90. The van der Waals surface area contributed by atoms with Crippen LogP contribution in [-0.4, -0.2) is 36.1 Å². The molecule has 2 aliphatic rings. The number of hydrogen-bond acceptors (Lipinski definition) is 2. The molecule has 0 bridgehead atoms. The van der Waals surface area contributed by atoms with Gasteiger partial charge in [0.2, 0.25) is 0 Å². The summed E-state index contributed by atoms with van der Waals surface area (Å²) in [7, 11) is 0. The summed E-state index contributed by atoms with van der Waals surface area (Å²) in [5.74, 6) is 0. The zero-order valence-electron chi connectivity index (χ0n) is 11.4. The number of nitrogens with zero attached hydrogens (tertiary/aromatic N) is 1. The van der Waals surface area contributed by atoms with Gasteiger partial charge in [-0.15, -0.1) is 0 Å². The standard InChI is InChI=1S/C14H28N2/c1-11-10-16(12(2)9-15-11)13-5-7-14(3,4)8-6-13/h11-13,15H,5-10H2,1-4H3. The van der Waals surface area contributed by atoms with Gasteiger partial charge in [-0.25, -0.2) is 0 Å². The average molecular weight is 224 g/mol. The van der Waals surface area contributed by atoms with Crippen molar-refractivity contribution in [2.45, 2.75) is 71.5 Å². The van der Waals surface area contributed by atoms with Crippen LogP contribution in [0.2, 0.25) is 0 Å². The smallest absolute Gasteiger partial charge is 0.0196 e. The third-order valence-corrected chi connectivity index (χ3v) is 4.59. The first kappa shape index (κ1) is 12.4. The molecule has 0 aromatic rings. The molecule has 2 rings (SSSR count). The molecule has 2 atom stereocenters. The highest BCUT2D eigenvalue weighted by Crippen LogP contribution is 2.37. The van der Waals surface area contributed by atoms with Crippen LogP contribution in [0.1, 0.15) is 53.4 Å². The van der Waals surface area contributed by atoms with E-state index < -0.39 is 0 Å². The fourth-order valence-electron chi connectivity index (χ4n) is 3.27. The van der Waals surface area contributed by atoms with Crippen LogP contribution in [0.15, 0.2) is 0 Å². The Hall–Kier alpha value is -0.0800. The molecule has 2 unspecified atom stereocenters. The van der Waals surface area contributed by atoms with Crippen molar-refractivity contribution in [1.29, 1.82) is 0 Å². The van der Waals surface area contributed by atoms with Gasteiger partial charge in [0, 0.05) is 31.2 Å². The van der Waals surface area contributed by atoms with Crippen molar-refractivity contribution in [3.63, 3.8) is 0 Å². The summed E-state index contributed by atoms with van der Waals surface area (Å²) < 4.78 is 0. The lowest BCUT2D eigenvalue weighted by Crippen LogP contribution is -2.58. The van der Waals surface area contributed by atoms with Crippen LogP contribution in [0.25, 0.3) is 0 Å². The summed E-state index contributed by atoms with van der Waals surface area (Å²) in [6.45, 7) is 11.9. The van der Waals surface area contributed by atoms with Gasteiger partial charge in [0.05, 0.1) is 0 Å². The molecule has 0 radical (unpaired) electrons. The van der Waals surface area contributed by atoms with E-state index in [0.29, 0.717) is 11.5 Å². The van der Waals surface area contributed by atoms with E-state index in [1.165, 1.54) is 38.8 Å². The molecular formula is C14H28N2. The molecule has 0 spiro atoms. The monoisotopic (exact) mass is 224 g/mol. The van der Waals surface area contributed by atoms with Crippen LogP contribution in [0.3, 0.4) is 0 Å². The van der Waals surface area contributed by atoms with Gasteiger partial charge in [-0.1, -0.05) is 13.8 Å². The molecule has 1 saturated heterocycles. The van der Waals surface area contributed by atoms with Gasteiger partial charge in [-0.3, -0.25) is 4.90 Å². The molecule has 2 nitrogen and oxygen atoms in total. The largest absolute Gasteiger partial charge is 0.311 e. The van der Waals surface area contributed by atoms with Crippen molar-refractivity contribution in [2.24, 2.45) is 5.41 Å². The number of piperazine rings is 1. The second-order valence-electron chi connectivity index (χ2n) is 6.75. The predicted molar refractivity (Wildman–Crippen MR) is 69.7 cm³/mol. The highest BCUT2D eigenvalue weighted by Gasteiger charge is 2.33. The maximum Gasteiger partial charge on any atom is 0.0196 e. The van der Waals surface area contributed by atoms with Crippen molar-refractivity contribution in [3.05, 3.63) is 0 Å². The third kappa shape index (κ3) is 2.78. The highest BCUT2D eigenvalue weighted by atomic mass is 15.2. The minimum atomic E-state index is 0.597. The van der Waals surface area contributed by atoms with Gasteiger partial charge in [-0.05, 0) is 44.9 Å². The van der Waals surface area contributed by atoms with E-state index >= 15 is 0 Å². The quantitative estimate of drug-likeness (QED) is 0.736. The van der Waals surface area contributed by atoms with E-state index in [4.69, 9.17) is 0 Å². The minimum absolute atomic E-state index is 0.597. The Balaban J connectivity index is 1.92. The van der Waals surface area contributed by atoms with Crippen LogP contribution in [0.5, 0.6) is 0 Å². The third-order valence-electron chi connectivity index (χ3n) is 4.59. The van der Waals surface area contributed by atoms with Crippen molar-refractivity contribution in [1.82, 2.24) is 10.2 Å². The van der Waals surface area contributed by atoms with E-state index in [9.17, 15) is 0 Å². The molecule has 1 saturated carbocycles. The lowest BCUT2D eigenvalue weighted by molar-refractivity contribution is 0.0495. The topological polar surface area (TPSA) is 15.3 Å². The first-order chi connectivity index (χ1) is 7.48. The van der Waals surface area contributed by atoms with E-state index in [-0.39, 0.29) is 0 Å². The minimum Gasteiger partial charge on any atom is -0.311 e. The second-order valence-corrected chi connectivity index (χ2v) is 6.75. The molecule has 2 fully saturated rings. The Labute approximate surface area is 101 Å². The van der Waals surface area contributed by atoms with Crippen LogP contribution < -0.4 is 5.32 Å². The molecule has 0 aromatic carbocycles. The van der Waals surface area contributed by atoms with Crippen molar-refractivity contribution >= 4 is 0 Å². The fourth-order valence-corrected chi connectivity index (χ4v) is 3.27. The summed E-state index contributed by atoms with van der Waals surface area (Å²) in [6.07, 6.45) is 5.62. The molecular weight excluding hydrogens is 196 g/mol. The van der Waals surface area contributed by atoms with Crippen molar-refractivity contribution in [2.75, 3.05) is 13.1 Å². The van der Waals surface area contributed by atoms with Crippen LogP contribution >= 0.6 is 0 Å². The molecule has 0 amide bonds. The normalized spacial score (nSPS) is 37.5. The average Bonchev–Trinajstić information content (AvgIpc) is 2.22. The summed E-state index contributed by atoms with van der Waals surface area (Å²) in [4.78, 5) is 2.76. The zero-order valence-corrected chi connectivity index (χ0v) is 11.4. The summed E-state index contributed by atoms with van der Waals surface area (Å²) in [6, 6.07) is 2.25. The summed E-state index contributed by atoms with van der Waals surface area (Å²) in [5, 5.41) is 3.58. The molecule has 1 N–H and O–H groups in total. The number of hydrogen-bond donors (Lipinski definition) is 1. The van der Waals surface area contributed by atoms with Crippen molar-refractivity contribution < 1.29 is 0 Å². The lowest BCUT2D eigenvalue weighted by atomic mass is 9.75. The molecule has 1 aliphatic heterocycles. The summed E-state index contributed by atoms with van der Waals surface area (Å²) in [5.41, 5.74) is 0.597. The van der Waals surface area contributed by atoms with Gasteiger partial charge in [0.25, 0.3) is 0 Å². The Morgan fingerprint density at radius 2 is 1.75 bits per heavy atom. The lowest BCUT2D eigenvalue weighted by Gasteiger charge is -2.46. The van der Waals surface area contributed by atoms with Gasteiger partial charge in [0.15, 0.2) is 0 Å². The van der Waals surface area contributed by atoms with Crippen molar-refractivity contribution in [3.8, 4) is 0 Å². The van der Waals surface area contributed by atoms with Gasteiger partial charge >= 0.3 is 0 Å². The number of nitrogens with one attached hydrogen (secondary N) is 1. The molecule has 0 aromatic heterocycles. The molecule has 1 heterocycles. The van der Waals surface area contributed by atoms with Gasteiger partial charge < -0.3 is 5.32 Å². The molecule has 94 valence electrons. The number of rotatable bonds is 1. The maximum absolute atomic E-state index is 3.58. The molecule has 1 aliphatic carbocycles. The van der Waals surface area contributed by atoms with Crippen LogP contribution in [0, 0.1) is 5.41 Å². The van der Waals surface area contributed by atoms with E-state index in [0.717, 1.165) is 12.1 Å². The summed E-state index contributed by atoms with van der Waals surface area (Å²) >= 11 is 0. The predicted octanol–water partition coefficient (Wildman–Crippen LogP) is 2.64.